The average molecular weight is 296 g/mol. The van der Waals surface area contributed by atoms with Gasteiger partial charge < -0.3 is 10.4 Å². The number of hydrogen-bond donors (Lipinski definition) is 2. The molecule has 2 heteroatoms. The van der Waals surface area contributed by atoms with E-state index in [1.54, 1.807) is 0 Å². The summed E-state index contributed by atoms with van der Waals surface area (Å²) < 4.78 is 0. The highest BCUT2D eigenvalue weighted by molar-refractivity contribution is 4.89. The minimum atomic E-state index is -0.553. The van der Waals surface area contributed by atoms with Crippen molar-refractivity contribution in [3.05, 3.63) is 0 Å². The van der Waals surface area contributed by atoms with Gasteiger partial charge in [0, 0.05) is 12.6 Å². The molecule has 0 heterocycles. The van der Waals surface area contributed by atoms with Crippen LogP contribution < -0.4 is 5.32 Å². The Morgan fingerprint density at radius 3 is 2.29 bits per heavy atom. The molecular weight excluding hydrogens is 258 g/mol. The zero-order chi connectivity index (χ0) is 15.3. The Kier molecular flexibility index (Phi) is 6.55. The third-order valence-corrected chi connectivity index (χ3v) is 5.67. The van der Waals surface area contributed by atoms with Gasteiger partial charge in [-0.05, 0) is 43.9 Å². The molecule has 2 aliphatic carbocycles. The van der Waals surface area contributed by atoms with Gasteiger partial charge in [0.2, 0.25) is 0 Å². The van der Waals surface area contributed by atoms with Crippen LogP contribution >= 0.6 is 0 Å². The van der Waals surface area contributed by atoms with Crippen molar-refractivity contribution >= 4 is 0 Å². The van der Waals surface area contributed by atoms with Crippen molar-refractivity contribution in [3.63, 3.8) is 0 Å². The highest BCUT2D eigenvalue weighted by Crippen LogP contribution is 2.38. The zero-order valence-corrected chi connectivity index (χ0v) is 14.5. The van der Waals surface area contributed by atoms with Crippen LogP contribution in [0.2, 0.25) is 0 Å². The second-order valence-corrected chi connectivity index (χ2v) is 8.43. The van der Waals surface area contributed by atoms with Gasteiger partial charge in [-0.2, -0.15) is 0 Å². The summed E-state index contributed by atoms with van der Waals surface area (Å²) in [6.07, 6.45) is 13.6. The fraction of sp³-hybridized carbons (Fsp3) is 1.00. The second kappa shape index (κ2) is 7.97. The molecule has 0 aromatic carbocycles. The molecule has 0 spiro atoms. The third-order valence-electron chi connectivity index (χ3n) is 5.67. The molecule has 2 rings (SSSR count). The smallest absolute Gasteiger partial charge is 0.0746 e. The number of nitrogens with one attached hydrogen (secondary N) is 1. The van der Waals surface area contributed by atoms with E-state index in [4.69, 9.17) is 0 Å². The Bertz CT molecular complexity index is 294. The van der Waals surface area contributed by atoms with E-state index in [2.05, 4.69) is 19.2 Å². The van der Waals surface area contributed by atoms with E-state index in [1.807, 2.05) is 6.92 Å². The SMILES string of the molecule is CC(C)CC(C)(O)CNC1CCCCC1C1CCCCC1. The first-order valence-electron chi connectivity index (χ1n) is 9.44. The Balaban J connectivity index is 1.86. The fourth-order valence-electron chi connectivity index (χ4n) is 4.84. The molecular formula is C19H37NO. The number of rotatable bonds is 6. The van der Waals surface area contributed by atoms with Crippen molar-refractivity contribution in [1.82, 2.24) is 5.32 Å². The molecule has 0 radical (unpaired) electrons. The van der Waals surface area contributed by atoms with Crippen molar-refractivity contribution in [2.24, 2.45) is 17.8 Å². The van der Waals surface area contributed by atoms with E-state index < -0.39 is 5.60 Å². The molecule has 124 valence electrons. The van der Waals surface area contributed by atoms with E-state index >= 15 is 0 Å². The quantitative estimate of drug-likeness (QED) is 0.755. The number of hydrogen-bond acceptors (Lipinski definition) is 2. The summed E-state index contributed by atoms with van der Waals surface area (Å²) in [6, 6.07) is 0.653. The van der Waals surface area contributed by atoms with Crippen LogP contribution in [0.25, 0.3) is 0 Å². The summed E-state index contributed by atoms with van der Waals surface area (Å²) in [7, 11) is 0. The summed E-state index contributed by atoms with van der Waals surface area (Å²) in [4.78, 5) is 0. The van der Waals surface area contributed by atoms with E-state index in [0.29, 0.717) is 12.0 Å². The van der Waals surface area contributed by atoms with E-state index in [0.717, 1.165) is 24.8 Å². The van der Waals surface area contributed by atoms with Gasteiger partial charge in [-0.25, -0.2) is 0 Å². The van der Waals surface area contributed by atoms with Crippen LogP contribution in [0.15, 0.2) is 0 Å². The summed E-state index contributed by atoms with van der Waals surface area (Å²) >= 11 is 0. The van der Waals surface area contributed by atoms with E-state index in [9.17, 15) is 5.11 Å². The minimum absolute atomic E-state index is 0.553. The summed E-state index contributed by atoms with van der Waals surface area (Å²) in [5.74, 6) is 2.38. The minimum Gasteiger partial charge on any atom is -0.389 e. The molecule has 0 aromatic heterocycles. The van der Waals surface area contributed by atoms with Crippen LogP contribution in [0.5, 0.6) is 0 Å². The molecule has 2 N–H and O–H groups in total. The lowest BCUT2D eigenvalue weighted by Crippen LogP contribution is -2.48. The Morgan fingerprint density at radius 1 is 1.00 bits per heavy atom. The molecule has 2 nitrogen and oxygen atoms in total. The van der Waals surface area contributed by atoms with Gasteiger partial charge in [0.25, 0.3) is 0 Å². The van der Waals surface area contributed by atoms with Crippen LogP contribution in [-0.4, -0.2) is 23.3 Å². The van der Waals surface area contributed by atoms with Crippen molar-refractivity contribution in [2.45, 2.75) is 96.6 Å². The maximum Gasteiger partial charge on any atom is 0.0746 e. The molecule has 0 aliphatic heterocycles. The molecule has 0 aromatic rings. The molecule has 3 unspecified atom stereocenters. The first-order chi connectivity index (χ1) is 9.98. The first kappa shape index (κ1) is 17.3. The molecule has 2 saturated carbocycles. The van der Waals surface area contributed by atoms with Gasteiger partial charge in [-0.3, -0.25) is 0 Å². The van der Waals surface area contributed by atoms with Crippen molar-refractivity contribution in [1.29, 1.82) is 0 Å². The molecule has 0 amide bonds. The predicted octanol–water partition coefficient (Wildman–Crippen LogP) is 4.51. The highest BCUT2D eigenvalue weighted by Gasteiger charge is 2.33. The lowest BCUT2D eigenvalue weighted by atomic mass is 9.71. The standard InChI is InChI=1S/C19H37NO/c1-15(2)13-19(3,21)14-20-18-12-8-7-11-17(18)16-9-5-4-6-10-16/h15-18,20-21H,4-14H2,1-3H3. The van der Waals surface area contributed by atoms with Crippen LogP contribution in [0, 0.1) is 17.8 Å². The summed E-state index contributed by atoms with van der Waals surface area (Å²) in [6.45, 7) is 7.15. The van der Waals surface area contributed by atoms with Gasteiger partial charge in [0.05, 0.1) is 5.60 Å². The molecule has 21 heavy (non-hydrogen) atoms. The van der Waals surface area contributed by atoms with E-state index in [1.165, 1.54) is 57.8 Å². The molecule has 2 fully saturated rings. The molecule has 0 bridgehead atoms. The predicted molar refractivity (Wildman–Crippen MR) is 90.4 cm³/mol. The van der Waals surface area contributed by atoms with E-state index in [-0.39, 0.29) is 0 Å². The van der Waals surface area contributed by atoms with Gasteiger partial charge in [0.15, 0.2) is 0 Å². The lowest BCUT2D eigenvalue weighted by molar-refractivity contribution is 0.0282. The Hall–Kier alpha value is -0.0800. The lowest BCUT2D eigenvalue weighted by Gasteiger charge is -2.41. The van der Waals surface area contributed by atoms with Crippen molar-refractivity contribution in [2.75, 3.05) is 6.54 Å². The maximum absolute atomic E-state index is 10.5. The van der Waals surface area contributed by atoms with Crippen LogP contribution in [0.1, 0.15) is 85.0 Å². The van der Waals surface area contributed by atoms with Crippen LogP contribution in [-0.2, 0) is 0 Å². The molecule has 0 saturated heterocycles. The maximum atomic E-state index is 10.5. The van der Waals surface area contributed by atoms with Gasteiger partial charge in [-0.15, -0.1) is 0 Å². The van der Waals surface area contributed by atoms with Crippen molar-refractivity contribution in [3.8, 4) is 0 Å². The van der Waals surface area contributed by atoms with Crippen LogP contribution in [0.3, 0.4) is 0 Å². The fourth-order valence-corrected chi connectivity index (χ4v) is 4.84. The zero-order valence-electron chi connectivity index (χ0n) is 14.5. The summed E-state index contributed by atoms with van der Waals surface area (Å²) in [5, 5.41) is 14.3. The Morgan fingerprint density at radius 2 is 1.62 bits per heavy atom. The van der Waals surface area contributed by atoms with Gasteiger partial charge in [0.1, 0.15) is 0 Å². The summed E-state index contributed by atoms with van der Waals surface area (Å²) in [5.41, 5.74) is -0.553. The van der Waals surface area contributed by atoms with Crippen molar-refractivity contribution < 1.29 is 5.11 Å². The van der Waals surface area contributed by atoms with Crippen LogP contribution in [0.4, 0.5) is 0 Å². The Labute approximate surface area is 132 Å². The third kappa shape index (κ3) is 5.56. The number of aliphatic hydroxyl groups is 1. The monoisotopic (exact) mass is 295 g/mol. The molecule has 3 atom stereocenters. The second-order valence-electron chi connectivity index (χ2n) is 8.43. The highest BCUT2D eigenvalue weighted by atomic mass is 16.3. The van der Waals surface area contributed by atoms with Gasteiger partial charge in [-0.1, -0.05) is 58.8 Å². The van der Waals surface area contributed by atoms with Gasteiger partial charge >= 0.3 is 0 Å². The topological polar surface area (TPSA) is 32.3 Å². The normalized spacial score (nSPS) is 31.3. The first-order valence-corrected chi connectivity index (χ1v) is 9.44. The average Bonchev–Trinajstić information content (AvgIpc) is 2.45. The largest absolute Gasteiger partial charge is 0.389 e. The molecule has 2 aliphatic rings.